The maximum Gasteiger partial charge on any atom is 0.416 e. The Labute approximate surface area is 238 Å². The van der Waals surface area contributed by atoms with E-state index in [-0.39, 0.29) is 17.5 Å². The minimum absolute atomic E-state index is 0.240. The number of amides is 1. The van der Waals surface area contributed by atoms with Crippen LogP contribution < -0.4 is 4.90 Å². The van der Waals surface area contributed by atoms with Gasteiger partial charge in [0.15, 0.2) is 0 Å². The fourth-order valence-corrected chi connectivity index (χ4v) is 5.57. The van der Waals surface area contributed by atoms with Gasteiger partial charge in [0, 0.05) is 55.9 Å². The van der Waals surface area contributed by atoms with Gasteiger partial charge in [-0.2, -0.15) is 13.2 Å². The zero-order valence-corrected chi connectivity index (χ0v) is 22.8. The van der Waals surface area contributed by atoms with E-state index in [1.807, 2.05) is 9.80 Å². The first-order valence-corrected chi connectivity index (χ1v) is 13.9. The van der Waals surface area contributed by atoms with E-state index in [1.165, 1.54) is 35.6 Å². The van der Waals surface area contributed by atoms with E-state index >= 15 is 0 Å². The van der Waals surface area contributed by atoms with Gasteiger partial charge in [-0.3, -0.25) is 9.69 Å². The summed E-state index contributed by atoms with van der Waals surface area (Å²) in [6.07, 6.45) is -4.42. The lowest BCUT2D eigenvalue weighted by Gasteiger charge is -2.36. The Hall–Kier alpha value is -3.83. The molecule has 5 nitrogen and oxygen atoms in total. The highest BCUT2D eigenvalue weighted by molar-refractivity contribution is 7.09. The van der Waals surface area contributed by atoms with Crippen molar-refractivity contribution in [3.8, 4) is 0 Å². The largest absolute Gasteiger partial charge is 0.416 e. The van der Waals surface area contributed by atoms with E-state index in [4.69, 9.17) is 0 Å². The lowest BCUT2D eigenvalue weighted by atomic mass is 10.1. The van der Waals surface area contributed by atoms with Crippen LogP contribution in [0, 0.1) is 11.6 Å². The van der Waals surface area contributed by atoms with E-state index in [0.29, 0.717) is 67.8 Å². The smallest absolute Gasteiger partial charge is 0.368 e. The summed E-state index contributed by atoms with van der Waals surface area (Å²) >= 11 is 1.33. The maximum absolute atomic E-state index is 14.4. The highest BCUT2D eigenvalue weighted by Gasteiger charge is 2.31. The Morgan fingerprint density at radius 3 is 2.32 bits per heavy atom. The topological polar surface area (TPSA) is 39.7 Å². The fraction of sp³-hybridized carbons (Fsp3) is 0.267. The number of nitrogens with zero attached hydrogens (tertiary/aromatic N) is 4. The molecule has 2 heterocycles. The molecule has 11 heteroatoms. The van der Waals surface area contributed by atoms with Gasteiger partial charge in [0.25, 0.3) is 5.91 Å². The quantitative estimate of drug-likeness (QED) is 0.218. The van der Waals surface area contributed by atoms with Gasteiger partial charge in [0.05, 0.1) is 12.1 Å². The van der Waals surface area contributed by atoms with Crippen molar-refractivity contribution < 1.29 is 26.7 Å². The highest BCUT2D eigenvalue weighted by atomic mass is 32.1. The molecule has 4 aromatic rings. The second kappa shape index (κ2) is 12.4. The summed E-state index contributed by atoms with van der Waals surface area (Å²) < 4.78 is 67.2. The number of alkyl halides is 3. The minimum atomic E-state index is -4.42. The Bertz CT molecular complexity index is 1480. The van der Waals surface area contributed by atoms with Gasteiger partial charge in [0.1, 0.15) is 22.3 Å². The molecule has 1 aliphatic heterocycles. The molecule has 0 aliphatic carbocycles. The molecule has 0 saturated carbocycles. The summed E-state index contributed by atoms with van der Waals surface area (Å²) in [4.78, 5) is 23.2. The number of hydrogen-bond acceptors (Lipinski definition) is 5. The molecule has 1 saturated heterocycles. The van der Waals surface area contributed by atoms with Crippen molar-refractivity contribution in [1.82, 2.24) is 14.8 Å². The van der Waals surface area contributed by atoms with E-state index in [1.54, 1.807) is 46.7 Å². The van der Waals surface area contributed by atoms with Crippen molar-refractivity contribution in [2.75, 3.05) is 31.1 Å². The minimum Gasteiger partial charge on any atom is -0.368 e. The molecular weight excluding hydrogens is 559 g/mol. The third-order valence-electron chi connectivity index (χ3n) is 6.91. The molecule has 0 unspecified atom stereocenters. The van der Waals surface area contributed by atoms with Crippen LogP contribution in [-0.2, 0) is 25.8 Å². The van der Waals surface area contributed by atoms with Crippen molar-refractivity contribution >= 4 is 22.9 Å². The summed E-state index contributed by atoms with van der Waals surface area (Å²) in [7, 11) is 0. The van der Waals surface area contributed by atoms with Gasteiger partial charge < -0.3 is 9.80 Å². The molecule has 214 valence electrons. The van der Waals surface area contributed by atoms with Crippen molar-refractivity contribution in [2.24, 2.45) is 0 Å². The Balaban J connectivity index is 1.23. The molecule has 1 fully saturated rings. The maximum atomic E-state index is 14.4. The molecule has 0 radical (unpaired) electrons. The van der Waals surface area contributed by atoms with Gasteiger partial charge in [-0.1, -0.05) is 36.4 Å². The van der Waals surface area contributed by atoms with Crippen molar-refractivity contribution in [1.29, 1.82) is 0 Å². The Kier molecular flexibility index (Phi) is 8.65. The number of hydrogen-bond donors (Lipinski definition) is 0. The molecule has 5 rings (SSSR count). The summed E-state index contributed by atoms with van der Waals surface area (Å²) in [5, 5.41) is 2.37. The molecular formula is C30H27F5N4OS. The van der Waals surface area contributed by atoms with E-state index in [2.05, 4.69) is 4.98 Å². The van der Waals surface area contributed by atoms with Crippen molar-refractivity contribution in [3.63, 3.8) is 0 Å². The Morgan fingerprint density at radius 2 is 1.61 bits per heavy atom. The van der Waals surface area contributed by atoms with Crippen LogP contribution in [0.2, 0.25) is 0 Å². The molecule has 1 aliphatic rings. The predicted octanol–water partition coefficient (Wildman–Crippen LogP) is 6.60. The summed E-state index contributed by atoms with van der Waals surface area (Å²) in [5.74, 6) is -0.903. The molecule has 1 aromatic heterocycles. The second-order valence-electron chi connectivity index (χ2n) is 9.82. The monoisotopic (exact) mass is 586 g/mol. The number of carbonyl (C=O) groups is 1. The number of rotatable bonds is 8. The van der Waals surface area contributed by atoms with Crippen LogP contribution in [0.25, 0.3) is 0 Å². The zero-order chi connectivity index (χ0) is 29.0. The number of benzene rings is 3. The summed E-state index contributed by atoms with van der Waals surface area (Å²) in [6.45, 7) is 2.58. The van der Waals surface area contributed by atoms with Crippen LogP contribution in [0.15, 0.2) is 78.2 Å². The molecule has 0 N–H and O–H groups in total. The van der Waals surface area contributed by atoms with Crippen LogP contribution >= 0.6 is 11.3 Å². The molecule has 41 heavy (non-hydrogen) atoms. The van der Waals surface area contributed by atoms with Gasteiger partial charge in [-0.15, -0.1) is 11.3 Å². The average molecular weight is 587 g/mol. The summed E-state index contributed by atoms with van der Waals surface area (Å²) in [5.41, 5.74) is 1.44. The van der Waals surface area contributed by atoms with Gasteiger partial charge in [0.2, 0.25) is 0 Å². The first-order valence-electron chi connectivity index (χ1n) is 13.0. The third kappa shape index (κ3) is 7.28. The van der Waals surface area contributed by atoms with E-state index in [9.17, 15) is 26.7 Å². The number of anilines is 1. The molecule has 3 aromatic carbocycles. The zero-order valence-electron chi connectivity index (χ0n) is 22.0. The number of halogens is 5. The number of carbonyl (C=O) groups excluding carboxylic acids is 1. The third-order valence-corrected chi connectivity index (χ3v) is 7.74. The fourth-order valence-electron chi connectivity index (χ4n) is 4.76. The number of thiazole rings is 1. The normalized spacial score (nSPS) is 14.1. The predicted molar refractivity (Wildman–Crippen MR) is 147 cm³/mol. The highest BCUT2D eigenvalue weighted by Crippen LogP contribution is 2.32. The van der Waals surface area contributed by atoms with E-state index < -0.39 is 11.7 Å². The van der Waals surface area contributed by atoms with Gasteiger partial charge in [-0.25, -0.2) is 13.8 Å². The standard InChI is InChI=1S/C30H27F5N4OS/c31-24-10-8-21(9-11-24)17-37(18-22-4-1-2-7-26(22)32)19-28-36-27(20-41-28)29(40)39-14-12-38(13-15-39)25-6-3-5-23(16-25)30(33,34)35/h1-11,16,20H,12-15,17-19H2. The summed E-state index contributed by atoms with van der Waals surface area (Å²) in [6, 6.07) is 17.8. The first-order chi connectivity index (χ1) is 19.7. The van der Waals surface area contributed by atoms with Crippen molar-refractivity contribution in [3.05, 3.63) is 117 Å². The van der Waals surface area contributed by atoms with Crippen LogP contribution in [0.3, 0.4) is 0 Å². The van der Waals surface area contributed by atoms with Crippen LogP contribution in [-0.4, -0.2) is 46.9 Å². The number of piperazine rings is 1. The second-order valence-corrected chi connectivity index (χ2v) is 10.8. The lowest BCUT2D eigenvalue weighted by Crippen LogP contribution is -2.49. The van der Waals surface area contributed by atoms with E-state index in [0.717, 1.165) is 17.7 Å². The lowest BCUT2D eigenvalue weighted by molar-refractivity contribution is -0.137. The SMILES string of the molecule is O=C(c1csc(CN(Cc2ccc(F)cc2)Cc2ccccc2F)n1)N1CCN(c2cccc(C(F)(F)F)c2)CC1. The number of aromatic nitrogens is 1. The van der Waals surface area contributed by atoms with Crippen LogP contribution in [0.4, 0.5) is 27.6 Å². The van der Waals surface area contributed by atoms with Gasteiger partial charge in [-0.05, 0) is 42.0 Å². The molecule has 0 atom stereocenters. The first kappa shape index (κ1) is 28.7. The molecule has 0 bridgehead atoms. The van der Waals surface area contributed by atoms with Gasteiger partial charge >= 0.3 is 6.18 Å². The van der Waals surface area contributed by atoms with Crippen LogP contribution in [0.5, 0.6) is 0 Å². The molecule has 0 spiro atoms. The average Bonchev–Trinajstić information content (AvgIpc) is 3.43. The van der Waals surface area contributed by atoms with Crippen LogP contribution in [0.1, 0.15) is 32.2 Å². The van der Waals surface area contributed by atoms with Crippen molar-refractivity contribution in [2.45, 2.75) is 25.8 Å². The molecule has 1 amide bonds. The Morgan fingerprint density at radius 1 is 0.878 bits per heavy atom.